The van der Waals surface area contributed by atoms with Gasteiger partial charge in [-0.3, -0.25) is 0 Å². The van der Waals surface area contributed by atoms with E-state index < -0.39 is 11.2 Å². The quantitative estimate of drug-likeness (QED) is 0.0984. The molecule has 1 heterocycles. The molecule has 2 fully saturated rings. The molecule has 3 nitrogen and oxygen atoms in total. The van der Waals surface area contributed by atoms with E-state index in [0.717, 1.165) is 52.6 Å². The molecule has 2 aliphatic rings. The highest BCUT2D eigenvalue weighted by Gasteiger charge is 2.53. The van der Waals surface area contributed by atoms with E-state index in [1.807, 2.05) is 0 Å². The lowest BCUT2D eigenvalue weighted by Crippen LogP contribution is -2.45. The number of hydrogen-bond acceptors (Lipinski definition) is 3. The van der Waals surface area contributed by atoms with Crippen molar-refractivity contribution in [2.75, 3.05) is 13.2 Å². The van der Waals surface area contributed by atoms with Crippen molar-refractivity contribution in [2.45, 2.75) is 42.7 Å². The molecule has 3 heteroatoms. The van der Waals surface area contributed by atoms with E-state index >= 15 is 0 Å². The van der Waals surface area contributed by atoms with Crippen LogP contribution < -0.4 is 0 Å². The standard InChI is InChI=1S/C46H42O3/c1-7-19-36(20-8-1)45(37-21-9-2-10-22-37,38-23-11-3-12-24-38)47-34-44(32-31-42-43(33-44)49-42)35-48-46(39-25-13-4-14-26-39,40-27-15-5-16-28-40)41-29-17-6-18-30-41/h1-30,42-43H,31-35H2. The van der Waals surface area contributed by atoms with Gasteiger partial charge in [0.05, 0.1) is 25.4 Å². The van der Waals surface area contributed by atoms with E-state index in [-0.39, 0.29) is 11.5 Å². The van der Waals surface area contributed by atoms with Gasteiger partial charge >= 0.3 is 0 Å². The van der Waals surface area contributed by atoms with E-state index in [1.54, 1.807) is 0 Å². The molecule has 0 bridgehead atoms. The zero-order valence-corrected chi connectivity index (χ0v) is 27.7. The summed E-state index contributed by atoms with van der Waals surface area (Å²) in [6.07, 6.45) is 3.43. The minimum absolute atomic E-state index is 0.236. The van der Waals surface area contributed by atoms with Crippen LogP contribution in [0.5, 0.6) is 0 Å². The van der Waals surface area contributed by atoms with E-state index in [4.69, 9.17) is 14.2 Å². The van der Waals surface area contributed by atoms with Gasteiger partial charge in [0.1, 0.15) is 11.2 Å². The van der Waals surface area contributed by atoms with Crippen LogP contribution in [0.2, 0.25) is 0 Å². The first-order valence-corrected chi connectivity index (χ1v) is 17.5. The third kappa shape index (κ3) is 6.04. The Balaban J connectivity index is 1.23. The molecule has 0 amide bonds. The fraction of sp³-hybridized carbons (Fsp3) is 0.217. The molecule has 1 aliphatic heterocycles. The average Bonchev–Trinajstić information content (AvgIpc) is 3.97. The van der Waals surface area contributed by atoms with Crippen molar-refractivity contribution in [3.05, 3.63) is 215 Å². The van der Waals surface area contributed by atoms with Crippen LogP contribution in [-0.4, -0.2) is 25.4 Å². The molecular weight excluding hydrogens is 601 g/mol. The van der Waals surface area contributed by atoms with E-state index in [0.29, 0.717) is 19.3 Å². The summed E-state index contributed by atoms with van der Waals surface area (Å²) in [5.41, 5.74) is 4.71. The van der Waals surface area contributed by atoms with Crippen LogP contribution in [0.1, 0.15) is 52.6 Å². The van der Waals surface area contributed by atoms with Crippen molar-refractivity contribution in [1.82, 2.24) is 0 Å². The summed E-state index contributed by atoms with van der Waals surface area (Å²) in [6.45, 7) is 1.01. The summed E-state index contributed by atoms with van der Waals surface area (Å²) in [4.78, 5) is 0. The van der Waals surface area contributed by atoms with Gasteiger partial charge in [-0.05, 0) is 52.6 Å². The lowest BCUT2D eigenvalue weighted by atomic mass is 9.73. The molecule has 1 aliphatic carbocycles. The largest absolute Gasteiger partial charge is 0.370 e. The van der Waals surface area contributed by atoms with Gasteiger partial charge in [0, 0.05) is 5.41 Å². The molecule has 0 spiro atoms. The maximum atomic E-state index is 7.54. The summed E-state index contributed by atoms with van der Waals surface area (Å²) in [7, 11) is 0. The van der Waals surface area contributed by atoms with Gasteiger partial charge in [-0.2, -0.15) is 0 Å². The lowest BCUT2D eigenvalue weighted by Gasteiger charge is -2.44. The summed E-state index contributed by atoms with van der Waals surface area (Å²) in [5.74, 6) is 0. The maximum Gasteiger partial charge on any atom is 0.143 e. The highest BCUT2D eigenvalue weighted by Crippen LogP contribution is 2.51. The number of ether oxygens (including phenoxy) is 3. The van der Waals surface area contributed by atoms with Crippen LogP contribution in [-0.2, 0) is 25.4 Å². The van der Waals surface area contributed by atoms with Crippen LogP contribution in [0, 0.1) is 5.41 Å². The van der Waals surface area contributed by atoms with Gasteiger partial charge in [0.25, 0.3) is 0 Å². The predicted molar refractivity (Wildman–Crippen MR) is 195 cm³/mol. The van der Waals surface area contributed by atoms with Crippen molar-refractivity contribution in [3.8, 4) is 0 Å². The van der Waals surface area contributed by atoms with Crippen LogP contribution >= 0.6 is 0 Å². The summed E-state index contributed by atoms with van der Waals surface area (Å²) in [5, 5.41) is 0. The first-order valence-electron chi connectivity index (χ1n) is 17.5. The van der Waals surface area contributed by atoms with Crippen LogP contribution in [0.4, 0.5) is 0 Å². The summed E-state index contributed by atoms with van der Waals surface area (Å²) < 4.78 is 21.3. The van der Waals surface area contributed by atoms with Gasteiger partial charge in [0.15, 0.2) is 0 Å². The van der Waals surface area contributed by atoms with E-state index in [2.05, 4.69) is 182 Å². The Morgan fingerprint density at radius 2 is 0.714 bits per heavy atom. The summed E-state index contributed by atoms with van der Waals surface area (Å²) in [6, 6.07) is 64.0. The van der Waals surface area contributed by atoms with Crippen LogP contribution in [0.25, 0.3) is 0 Å². The predicted octanol–water partition coefficient (Wildman–Crippen LogP) is 9.94. The fourth-order valence-electron chi connectivity index (χ4n) is 7.95. The molecule has 6 aromatic carbocycles. The average molecular weight is 643 g/mol. The van der Waals surface area contributed by atoms with Gasteiger partial charge in [-0.15, -0.1) is 0 Å². The zero-order chi connectivity index (χ0) is 33.0. The number of benzene rings is 6. The number of rotatable bonds is 12. The van der Waals surface area contributed by atoms with Crippen molar-refractivity contribution >= 4 is 0 Å². The molecule has 2 atom stereocenters. The first kappa shape index (κ1) is 31.5. The zero-order valence-electron chi connectivity index (χ0n) is 27.7. The highest BCUT2D eigenvalue weighted by atomic mass is 16.6. The van der Waals surface area contributed by atoms with E-state index in [9.17, 15) is 0 Å². The molecular formula is C46H42O3. The number of fused-ring (bicyclic) bond motifs is 1. The molecule has 244 valence electrons. The van der Waals surface area contributed by atoms with Crippen molar-refractivity contribution < 1.29 is 14.2 Å². The van der Waals surface area contributed by atoms with Crippen molar-refractivity contribution in [1.29, 1.82) is 0 Å². The Hall–Kier alpha value is -4.80. The van der Waals surface area contributed by atoms with Crippen molar-refractivity contribution in [3.63, 3.8) is 0 Å². The third-order valence-electron chi connectivity index (χ3n) is 10.6. The summed E-state index contributed by atoms with van der Waals surface area (Å²) >= 11 is 0. The number of epoxide rings is 1. The molecule has 2 unspecified atom stereocenters. The third-order valence-corrected chi connectivity index (χ3v) is 10.6. The van der Waals surface area contributed by atoms with Crippen LogP contribution in [0.3, 0.4) is 0 Å². The monoisotopic (exact) mass is 642 g/mol. The minimum atomic E-state index is -0.812. The first-order chi connectivity index (χ1) is 24.2. The van der Waals surface area contributed by atoms with Crippen LogP contribution in [0.15, 0.2) is 182 Å². The Bertz CT molecular complexity index is 1590. The van der Waals surface area contributed by atoms with Gasteiger partial charge in [0.2, 0.25) is 0 Å². The second-order valence-electron chi connectivity index (χ2n) is 13.6. The second kappa shape index (κ2) is 13.6. The molecule has 1 saturated carbocycles. The second-order valence-corrected chi connectivity index (χ2v) is 13.6. The normalized spacial score (nSPS) is 18.4. The van der Waals surface area contributed by atoms with Gasteiger partial charge < -0.3 is 14.2 Å². The SMILES string of the molecule is c1ccc(C(OCC2(COC(c3ccccc3)(c3ccccc3)c3ccccc3)CCC3OC3C2)(c2ccccc2)c2ccccc2)cc1. The molecule has 0 radical (unpaired) electrons. The molecule has 49 heavy (non-hydrogen) atoms. The topological polar surface area (TPSA) is 31.0 Å². The molecule has 1 saturated heterocycles. The fourth-order valence-corrected chi connectivity index (χ4v) is 7.95. The Morgan fingerprint density at radius 3 is 0.980 bits per heavy atom. The highest BCUT2D eigenvalue weighted by molar-refractivity contribution is 5.49. The van der Waals surface area contributed by atoms with E-state index in [1.165, 1.54) is 0 Å². The smallest absolute Gasteiger partial charge is 0.143 e. The molecule has 6 aromatic rings. The Morgan fingerprint density at radius 1 is 0.429 bits per heavy atom. The molecule has 0 aromatic heterocycles. The number of hydrogen-bond donors (Lipinski definition) is 0. The maximum absolute atomic E-state index is 7.54. The molecule has 0 N–H and O–H groups in total. The van der Waals surface area contributed by atoms with Gasteiger partial charge in [-0.25, -0.2) is 0 Å². The molecule has 8 rings (SSSR count). The minimum Gasteiger partial charge on any atom is -0.370 e. The lowest BCUT2D eigenvalue weighted by molar-refractivity contribution is -0.108. The Kier molecular flexibility index (Phi) is 8.74. The van der Waals surface area contributed by atoms with Gasteiger partial charge in [-0.1, -0.05) is 182 Å². The van der Waals surface area contributed by atoms with Crippen molar-refractivity contribution in [2.24, 2.45) is 5.41 Å². The Labute approximate surface area is 290 Å².